The molecule has 0 spiro atoms. The molecule has 2 aromatic rings. The molecule has 0 aromatic heterocycles. The van der Waals surface area contributed by atoms with Crippen LogP contribution in [0.4, 0.5) is 0 Å². The Morgan fingerprint density at radius 2 is 1.80 bits per heavy atom. The lowest BCUT2D eigenvalue weighted by Crippen LogP contribution is -2.31. The number of rotatable bonds is 8. The SMILES string of the molecule is CN(C)CCNC(=O)c1cccc(CNCc2ccc(C#N)cc2)c1. The monoisotopic (exact) mass is 336 g/mol. The van der Waals surface area contributed by atoms with E-state index in [-0.39, 0.29) is 5.91 Å². The van der Waals surface area contributed by atoms with Gasteiger partial charge >= 0.3 is 0 Å². The number of carbonyl (C=O) groups is 1. The molecule has 2 N–H and O–H groups in total. The Bertz CT molecular complexity index is 732. The van der Waals surface area contributed by atoms with Crippen LogP contribution < -0.4 is 10.6 Å². The fourth-order valence-corrected chi connectivity index (χ4v) is 2.37. The molecule has 25 heavy (non-hydrogen) atoms. The van der Waals surface area contributed by atoms with E-state index in [1.165, 1.54) is 0 Å². The van der Waals surface area contributed by atoms with E-state index in [2.05, 4.69) is 16.7 Å². The zero-order valence-electron chi connectivity index (χ0n) is 14.7. The Balaban J connectivity index is 1.84. The largest absolute Gasteiger partial charge is 0.351 e. The van der Waals surface area contributed by atoms with Crippen LogP contribution in [-0.4, -0.2) is 38.0 Å². The Morgan fingerprint density at radius 1 is 1.08 bits per heavy atom. The number of benzene rings is 2. The molecule has 2 aromatic carbocycles. The predicted molar refractivity (Wildman–Crippen MR) is 99.0 cm³/mol. The van der Waals surface area contributed by atoms with E-state index in [0.29, 0.717) is 30.8 Å². The van der Waals surface area contributed by atoms with Crippen LogP contribution in [0, 0.1) is 11.3 Å². The molecule has 2 rings (SSSR count). The lowest BCUT2D eigenvalue weighted by Gasteiger charge is -2.11. The van der Waals surface area contributed by atoms with Crippen molar-refractivity contribution in [2.24, 2.45) is 0 Å². The molecule has 5 heteroatoms. The zero-order valence-corrected chi connectivity index (χ0v) is 14.7. The Labute approximate surface area is 149 Å². The van der Waals surface area contributed by atoms with Crippen LogP contribution in [0.1, 0.15) is 27.0 Å². The molecule has 0 atom stereocenters. The van der Waals surface area contributed by atoms with Crippen LogP contribution in [0.15, 0.2) is 48.5 Å². The molecule has 0 aliphatic rings. The first-order valence-electron chi connectivity index (χ1n) is 8.30. The van der Waals surface area contributed by atoms with Gasteiger partial charge < -0.3 is 15.5 Å². The number of nitrogens with zero attached hydrogens (tertiary/aromatic N) is 2. The van der Waals surface area contributed by atoms with Crippen molar-refractivity contribution in [1.29, 1.82) is 5.26 Å². The molecule has 1 amide bonds. The lowest BCUT2D eigenvalue weighted by atomic mass is 10.1. The first-order chi connectivity index (χ1) is 12.1. The molecular weight excluding hydrogens is 312 g/mol. The number of likely N-dealkylation sites (N-methyl/N-ethyl adjacent to an activating group) is 1. The topological polar surface area (TPSA) is 68.2 Å². The summed E-state index contributed by atoms with van der Waals surface area (Å²) < 4.78 is 0. The number of nitrogens with one attached hydrogen (secondary N) is 2. The van der Waals surface area contributed by atoms with Crippen molar-refractivity contribution in [1.82, 2.24) is 15.5 Å². The van der Waals surface area contributed by atoms with Gasteiger partial charge in [0.15, 0.2) is 0 Å². The molecule has 130 valence electrons. The smallest absolute Gasteiger partial charge is 0.251 e. The highest BCUT2D eigenvalue weighted by atomic mass is 16.1. The van der Waals surface area contributed by atoms with Crippen LogP contribution in [0.3, 0.4) is 0 Å². The fraction of sp³-hybridized carbons (Fsp3) is 0.300. The second-order valence-electron chi connectivity index (χ2n) is 6.17. The van der Waals surface area contributed by atoms with E-state index in [9.17, 15) is 4.79 Å². The fourth-order valence-electron chi connectivity index (χ4n) is 2.37. The van der Waals surface area contributed by atoms with Crippen LogP contribution in [0.25, 0.3) is 0 Å². The molecular formula is C20H24N4O. The van der Waals surface area contributed by atoms with Crippen molar-refractivity contribution >= 4 is 5.91 Å². The minimum absolute atomic E-state index is 0.0456. The third-order valence-corrected chi connectivity index (χ3v) is 3.78. The molecule has 0 radical (unpaired) electrons. The quantitative estimate of drug-likeness (QED) is 0.775. The van der Waals surface area contributed by atoms with Gasteiger partial charge in [0.1, 0.15) is 0 Å². The highest BCUT2D eigenvalue weighted by Crippen LogP contribution is 2.07. The van der Waals surface area contributed by atoms with Crippen molar-refractivity contribution in [3.63, 3.8) is 0 Å². The van der Waals surface area contributed by atoms with Gasteiger partial charge in [-0.2, -0.15) is 5.26 Å². The molecule has 5 nitrogen and oxygen atoms in total. The maximum absolute atomic E-state index is 12.2. The van der Waals surface area contributed by atoms with Gasteiger partial charge in [0.25, 0.3) is 5.91 Å². The molecule has 0 bridgehead atoms. The molecule has 0 fully saturated rings. The van der Waals surface area contributed by atoms with Crippen molar-refractivity contribution < 1.29 is 4.79 Å². The number of hydrogen-bond donors (Lipinski definition) is 2. The highest BCUT2D eigenvalue weighted by molar-refractivity contribution is 5.94. The van der Waals surface area contributed by atoms with Crippen molar-refractivity contribution in [2.75, 3.05) is 27.2 Å². The Morgan fingerprint density at radius 3 is 2.48 bits per heavy atom. The average molecular weight is 336 g/mol. The van der Waals surface area contributed by atoms with Crippen molar-refractivity contribution in [3.05, 3.63) is 70.8 Å². The van der Waals surface area contributed by atoms with Crippen molar-refractivity contribution in [2.45, 2.75) is 13.1 Å². The first kappa shape index (κ1) is 18.7. The number of hydrogen-bond acceptors (Lipinski definition) is 4. The summed E-state index contributed by atoms with van der Waals surface area (Å²) in [5.41, 5.74) is 3.53. The predicted octanol–water partition coefficient (Wildman–Crippen LogP) is 2.14. The standard InChI is InChI=1S/C20H24N4O/c1-24(2)11-10-23-20(25)19-5-3-4-18(12-19)15-22-14-17-8-6-16(13-21)7-9-17/h3-9,12,22H,10-11,14-15H2,1-2H3,(H,23,25). The Kier molecular flexibility index (Phi) is 7.15. The minimum Gasteiger partial charge on any atom is -0.351 e. The number of amides is 1. The second kappa shape index (κ2) is 9.58. The van der Waals surface area contributed by atoms with Crippen LogP contribution >= 0.6 is 0 Å². The summed E-state index contributed by atoms with van der Waals surface area (Å²) in [6.07, 6.45) is 0. The van der Waals surface area contributed by atoms with E-state index in [1.807, 2.05) is 67.5 Å². The van der Waals surface area contributed by atoms with E-state index in [4.69, 9.17) is 5.26 Å². The zero-order chi connectivity index (χ0) is 18.1. The summed E-state index contributed by atoms with van der Waals surface area (Å²) in [4.78, 5) is 14.2. The summed E-state index contributed by atoms with van der Waals surface area (Å²) in [7, 11) is 3.96. The summed E-state index contributed by atoms with van der Waals surface area (Å²) in [6.45, 7) is 2.84. The second-order valence-corrected chi connectivity index (χ2v) is 6.17. The summed E-state index contributed by atoms with van der Waals surface area (Å²) in [5, 5.41) is 15.1. The van der Waals surface area contributed by atoms with Crippen LogP contribution in [0.5, 0.6) is 0 Å². The van der Waals surface area contributed by atoms with Gasteiger partial charge in [-0.15, -0.1) is 0 Å². The van der Waals surface area contributed by atoms with E-state index in [1.54, 1.807) is 0 Å². The van der Waals surface area contributed by atoms with Gasteiger partial charge in [-0.1, -0.05) is 24.3 Å². The highest BCUT2D eigenvalue weighted by Gasteiger charge is 2.06. The maximum atomic E-state index is 12.2. The third-order valence-electron chi connectivity index (χ3n) is 3.78. The van der Waals surface area contributed by atoms with Gasteiger partial charge in [-0.05, 0) is 49.5 Å². The van der Waals surface area contributed by atoms with E-state index >= 15 is 0 Å². The summed E-state index contributed by atoms with van der Waals surface area (Å²) in [5.74, 6) is -0.0456. The van der Waals surface area contributed by atoms with E-state index in [0.717, 1.165) is 17.7 Å². The van der Waals surface area contributed by atoms with Gasteiger partial charge in [0.05, 0.1) is 11.6 Å². The number of nitriles is 1. The average Bonchev–Trinajstić information content (AvgIpc) is 2.62. The molecule has 0 saturated carbocycles. The molecule has 0 saturated heterocycles. The summed E-state index contributed by atoms with van der Waals surface area (Å²) in [6, 6.07) is 17.3. The lowest BCUT2D eigenvalue weighted by molar-refractivity contribution is 0.0951. The normalized spacial score (nSPS) is 10.5. The van der Waals surface area contributed by atoms with Crippen LogP contribution in [0.2, 0.25) is 0 Å². The molecule has 0 aliphatic heterocycles. The third kappa shape index (κ3) is 6.38. The Hall–Kier alpha value is -2.68. The minimum atomic E-state index is -0.0456. The van der Waals surface area contributed by atoms with E-state index < -0.39 is 0 Å². The molecule has 0 heterocycles. The summed E-state index contributed by atoms with van der Waals surface area (Å²) >= 11 is 0. The maximum Gasteiger partial charge on any atom is 0.251 e. The van der Waals surface area contributed by atoms with Gasteiger partial charge in [-0.3, -0.25) is 4.79 Å². The van der Waals surface area contributed by atoms with Gasteiger partial charge in [0.2, 0.25) is 0 Å². The van der Waals surface area contributed by atoms with Gasteiger partial charge in [-0.25, -0.2) is 0 Å². The molecule has 0 aliphatic carbocycles. The van der Waals surface area contributed by atoms with Crippen LogP contribution in [-0.2, 0) is 13.1 Å². The molecule has 0 unspecified atom stereocenters. The first-order valence-corrected chi connectivity index (χ1v) is 8.30. The van der Waals surface area contributed by atoms with Gasteiger partial charge in [0, 0.05) is 31.7 Å². The number of carbonyl (C=O) groups excluding carboxylic acids is 1. The van der Waals surface area contributed by atoms with Crippen molar-refractivity contribution in [3.8, 4) is 6.07 Å².